The zero-order valence-corrected chi connectivity index (χ0v) is 17.4. The molecule has 2 heterocycles. The van der Waals surface area contributed by atoms with Crippen molar-refractivity contribution in [3.05, 3.63) is 18.2 Å². The van der Waals surface area contributed by atoms with E-state index in [-0.39, 0.29) is 30.5 Å². The van der Waals surface area contributed by atoms with Gasteiger partial charge in [-0.3, -0.25) is 4.79 Å². The molecule has 2 aliphatic heterocycles. The number of hydrogen-bond acceptors (Lipinski definition) is 7. The first-order valence-corrected chi connectivity index (χ1v) is 9.84. The Morgan fingerprint density at radius 2 is 1.89 bits per heavy atom. The summed E-state index contributed by atoms with van der Waals surface area (Å²) in [5.41, 5.74) is 0. The predicted molar refractivity (Wildman–Crippen MR) is 101 cm³/mol. The van der Waals surface area contributed by atoms with Crippen molar-refractivity contribution < 1.29 is 33.2 Å². The van der Waals surface area contributed by atoms with E-state index in [1.165, 1.54) is 6.92 Å². The SMILES string of the molecule is CCOC1(C)Oc2cccc(O[C@@H]3O[C@H](COC(C)=O)[C@@H](C)[C@H](C)[C@H]3C)c2O1. The van der Waals surface area contributed by atoms with E-state index in [0.717, 1.165) is 0 Å². The van der Waals surface area contributed by atoms with Crippen LogP contribution in [0.15, 0.2) is 18.2 Å². The highest BCUT2D eigenvalue weighted by Gasteiger charge is 2.43. The molecule has 7 nitrogen and oxygen atoms in total. The Hall–Kier alpha value is -1.99. The van der Waals surface area contributed by atoms with Gasteiger partial charge in [0.05, 0.1) is 12.7 Å². The minimum Gasteiger partial charge on any atom is -0.463 e. The Kier molecular flexibility index (Phi) is 6.05. The number of esters is 1. The molecule has 1 aromatic carbocycles. The van der Waals surface area contributed by atoms with Crippen LogP contribution in [0.3, 0.4) is 0 Å². The summed E-state index contributed by atoms with van der Waals surface area (Å²) in [6, 6.07) is 5.47. The molecule has 0 saturated carbocycles. The third-order valence-electron chi connectivity index (χ3n) is 5.61. The zero-order chi connectivity index (χ0) is 20.5. The summed E-state index contributed by atoms with van der Waals surface area (Å²) < 4.78 is 34.8. The molecule has 1 aromatic rings. The average Bonchev–Trinajstić information content (AvgIpc) is 2.98. The first-order valence-electron chi connectivity index (χ1n) is 9.84. The van der Waals surface area contributed by atoms with E-state index in [9.17, 15) is 4.79 Å². The lowest BCUT2D eigenvalue weighted by molar-refractivity contribution is -0.267. The van der Waals surface area contributed by atoms with Crippen LogP contribution in [0.1, 0.15) is 41.5 Å². The molecule has 0 amide bonds. The van der Waals surface area contributed by atoms with Crippen molar-refractivity contribution in [2.24, 2.45) is 17.8 Å². The molecule has 156 valence electrons. The summed E-state index contributed by atoms with van der Waals surface area (Å²) >= 11 is 0. The fraction of sp³-hybridized carbons (Fsp3) is 0.667. The standard InChI is InChI=1S/C21H30O7/c1-7-24-21(6)27-17-10-8-9-16(19(17)28-21)25-20-14(4)12(2)13(3)18(26-20)11-23-15(5)22/h8-10,12-14,18,20H,7,11H2,1-6H3/t12-,13-,14+,18+,20+,21?/m0/s1. The second-order valence-electron chi connectivity index (χ2n) is 7.62. The van der Waals surface area contributed by atoms with E-state index in [0.29, 0.717) is 29.8 Å². The second-order valence-corrected chi connectivity index (χ2v) is 7.62. The number of rotatable bonds is 6. The fourth-order valence-electron chi connectivity index (χ4n) is 3.63. The van der Waals surface area contributed by atoms with Crippen molar-refractivity contribution in [2.75, 3.05) is 13.2 Å². The van der Waals surface area contributed by atoms with Gasteiger partial charge >= 0.3 is 11.9 Å². The molecule has 0 spiro atoms. The lowest BCUT2D eigenvalue weighted by atomic mass is 9.79. The quantitative estimate of drug-likeness (QED) is 0.681. The van der Waals surface area contributed by atoms with Gasteiger partial charge in [0.2, 0.25) is 12.0 Å². The van der Waals surface area contributed by atoms with Crippen LogP contribution in [-0.2, 0) is 19.0 Å². The Balaban J connectivity index is 1.76. The van der Waals surface area contributed by atoms with Crippen LogP contribution in [0.25, 0.3) is 0 Å². The summed E-state index contributed by atoms with van der Waals surface area (Å²) in [7, 11) is 0. The number of fused-ring (bicyclic) bond motifs is 1. The molecule has 3 rings (SSSR count). The third-order valence-corrected chi connectivity index (χ3v) is 5.61. The summed E-state index contributed by atoms with van der Waals surface area (Å²) in [4.78, 5) is 11.2. The molecule has 0 aromatic heterocycles. The first-order chi connectivity index (χ1) is 13.2. The highest BCUT2D eigenvalue weighted by Crippen LogP contribution is 2.47. The molecule has 0 bridgehead atoms. The van der Waals surface area contributed by atoms with Crippen molar-refractivity contribution in [1.29, 1.82) is 0 Å². The normalized spacial score (nSPS) is 34.1. The van der Waals surface area contributed by atoms with Gasteiger partial charge in [0.25, 0.3) is 0 Å². The van der Waals surface area contributed by atoms with E-state index in [1.54, 1.807) is 6.92 Å². The van der Waals surface area contributed by atoms with Gasteiger partial charge in [-0.15, -0.1) is 0 Å². The Morgan fingerprint density at radius 3 is 2.57 bits per heavy atom. The molecule has 7 heteroatoms. The summed E-state index contributed by atoms with van der Waals surface area (Å²) in [6.07, 6.45) is -0.733. The van der Waals surface area contributed by atoms with Crippen molar-refractivity contribution in [2.45, 2.75) is 59.9 Å². The van der Waals surface area contributed by atoms with Gasteiger partial charge in [-0.2, -0.15) is 0 Å². The van der Waals surface area contributed by atoms with E-state index < -0.39 is 12.3 Å². The Labute approximate surface area is 166 Å². The van der Waals surface area contributed by atoms with Crippen LogP contribution in [0.4, 0.5) is 0 Å². The lowest BCUT2D eigenvalue weighted by Crippen LogP contribution is -2.49. The number of para-hydroxylation sites is 1. The minimum absolute atomic E-state index is 0.139. The molecule has 2 aliphatic rings. The van der Waals surface area contributed by atoms with E-state index in [4.69, 9.17) is 28.4 Å². The molecule has 6 atom stereocenters. The lowest BCUT2D eigenvalue weighted by Gasteiger charge is -2.43. The smallest absolute Gasteiger partial charge is 0.369 e. The van der Waals surface area contributed by atoms with Crippen LogP contribution < -0.4 is 14.2 Å². The first kappa shape index (κ1) is 20.7. The van der Waals surface area contributed by atoms with Crippen LogP contribution in [-0.4, -0.2) is 37.6 Å². The molecule has 1 saturated heterocycles. The van der Waals surface area contributed by atoms with Crippen LogP contribution >= 0.6 is 0 Å². The summed E-state index contributed by atoms with van der Waals surface area (Å²) in [5.74, 6) is 0.798. The van der Waals surface area contributed by atoms with Gasteiger partial charge in [-0.25, -0.2) is 0 Å². The highest BCUT2D eigenvalue weighted by atomic mass is 16.9. The fourth-order valence-corrected chi connectivity index (χ4v) is 3.63. The maximum atomic E-state index is 11.2. The van der Waals surface area contributed by atoms with E-state index in [1.807, 2.05) is 25.1 Å². The summed E-state index contributed by atoms with van der Waals surface area (Å²) in [6.45, 7) is 12.0. The van der Waals surface area contributed by atoms with Crippen molar-refractivity contribution in [1.82, 2.24) is 0 Å². The molecule has 0 aliphatic carbocycles. The third kappa shape index (κ3) is 4.20. The largest absolute Gasteiger partial charge is 0.463 e. The maximum Gasteiger partial charge on any atom is 0.369 e. The average molecular weight is 394 g/mol. The maximum absolute atomic E-state index is 11.2. The Morgan fingerprint density at radius 1 is 1.14 bits per heavy atom. The zero-order valence-electron chi connectivity index (χ0n) is 17.4. The number of carbonyl (C=O) groups excluding carboxylic acids is 1. The topological polar surface area (TPSA) is 72.5 Å². The van der Waals surface area contributed by atoms with Gasteiger partial charge in [-0.05, 0) is 30.9 Å². The van der Waals surface area contributed by atoms with Gasteiger partial charge in [-0.1, -0.05) is 26.8 Å². The molecule has 1 fully saturated rings. The van der Waals surface area contributed by atoms with E-state index >= 15 is 0 Å². The molecule has 1 unspecified atom stereocenters. The summed E-state index contributed by atoms with van der Waals surface area (Å²) in [5, 5.41) is 0. The van der Waals surface area contributed by atoms with E-state index in [2.05, 4.69) is 20.8 Å². The Bertz CT molecular complexity index is 706. The van der Waals surface area contributed by atoms with Gasteiger partial charge in [0.1, 0.15) is 6.61 Å². The van der Waals surface area contributed by atoms with Gasteiger partial charge < -0.3 is 28.4 Å². The number of hydrogen-bond donors (Lipinski definition) is 0. The highest BCUT2D eigenvalue weighted by molar-refractivity contribution is 5.65. The second kappa shape index (κ2) is 8.17. The van der Waals surface area contributed by atoms with Crippen molar-refractivity contribution in [3.63, 3.8) is 0 Å². The number of ether oxygens (including phenoxy) is 6. The number of carbonyl (C=O) groups is 1. The molecular formula is C21H30O7. The van der Waals surface area contributed by atoms with Crippen LogP contribution in [0.5, 0.6) is 17.2 Å². The van der Waals surface area contributed by atoms with Crippen molar-refractivity contribution in [3.8, 4) is 17.2 Å². The molecular weight excluding hydrogens is 364 g/mol. The van der Waals surface area contributed by atoms with Crippen LogP contribution in [0.2, 0.25) is 0 Å². The molecule has 0 radical (unpaired) electrons. The number of benzene rings is 1. The predicted octanol–water partition coefficient (Wildman–Crippen LogP) is 3.74. The van der Waals surface area contributed by atoms with Crippen LogP contribution in [0, 0.1) is 17.8 Å². The monoisotopic (exact) mass is 394 g/mol. The molecule has 0 N–H and O–H groups in total. The van der Waals surface area contributed by atoms with Crippen molar-refractivity contribution >= 4 is 5.97 Å². The minimum atomic E-state index is -1.17. The van der Waals surface area contributed by atoms with Gasteiger partial charge in [0, 0.05) is 19.8 Å². The molecule has 28 heavy (non-hydrogen) atoms. The van der Waals surface area contributed by atoms with Gasteiger partial charge in [0.15, 0.2) is 11.5 Å².